The van der Waals surface area contributed by atoms with E-state index >= 15 is 0 Å². The molecule has 0 amide bonds. The number of halogens is 4. The second-order valence-corrected chi connectivity index (χ2v) is 6.32. The largest absolute Gasteiger partial charge is 0.507 e. The van der Waals surface area contributed by atoms with Crippen molar-refractivity contribution in [3.8, 4) is 16.9 Å². The van der Waals surface area contributed by atoms with E-state index in [0.29, 0.717) is 0 Å². The van der Waals surface area contributed by atoms with Crippen molar-refractivity contribution >= 4 is 11.0 Å². The Labute approximate surface area is 151 Å². The molecule has 0 atom stereocenters. The average molecular weight is 381 g/mol. The molecular formula is C19H15F4NO3. The Balaban J connectivity index is 2.43. The standard InChI is InChI=1S/C19H15F4NO3/c1-24(2)9-13-14(25)8-7-12-16(26)15(10-3-5-11(20)6-4-10)18(19(21,22)23)27-17(12)13/h3-8,25H,9H2,1-2H3. The van der Waals surface area contributed by atoms with Crippen LogP contribution in [0.1, 0.15) is 11.3 Å². The number of alkyl halides is 3. The highest BCUT2D eigenvalue weighted by Gasteiger charge is 2.39. The average Bonchev–Trinajstić information content (AvgIpc) is 2.57. The van der Waals surface area contributed by atoms with Gasteiger partial charge < -0.3 is 14.4 Å². The third kappa shape index (κ3) is 3.52. The summed E-state index contributed by atoms with van der Waals surface area (Å²) in [6, 6.07) is 6.55. The van der Waals surface area contributed by atoms with Crippen molar-refractivity contribution in [3.05, 3.63) is 63.8 Å². The molecule has 1 heterocycles. The summed E-state index contributed by atoms with van der Waals surface area (Å²) in [5.41, 5.74) is -1.97. The van der Waals surface area contributed by atoms with Crippen LogP contribution in [0.3, 0.4) is 0 Å². The molecule has 0 saturated carbocycles. The Bertz CT molecular complexity index is 1050. The Morgan fingerprint density at radius 3 is 2.26 bits per heavy atom. The van der Waals surface area contributed by atoms with Gasteiger partial charge in [0.1, 0.15) is 17.1 Å². The van der Waals surface area contributed by atoms with Crippen LogP contribution in [0, 0.1) is 5.82 Å². The lowest BCUT2D eigenvalue weighted by molar-refractivity contribution is -0.152. The van der Waals surface area contributed by atoms with Crippen molar-refractivity contribution in [2.45, 2.75) is 12.7 Å². The summed E-state index contributed by atoms with van der Waals surface area (Å²) < 4.78 is 59.2. The SMILES string of the molecule is CN(C)Cc1c(O)ccc2c(=O)c(-c3ccc(F)cc3)c(C(F)(F)F)oc12. The van der Waals surface area contributed by atoms with Crippen molar-refractivity contribution in [1.29, 1.82) is 0 Å². The van der Waals surface area contributed by atoms with E-state index < -0.39 is 28.7 Å². The predicted molar refractivity (Wildman–Crippen MR) is 91.9 cm³/mol. The molecule has 0 unspecified atom stereocenters. The summed E-state index contributed by atoms with van der Waals surface area (Å²) >= 11 is 0. The Kier molecular flexibility index (Phi) is 4.69. The summed E-state index contributed by atoms with van der Waals surface area (Å²) in [6.07, 6.45) is -4.96. The quantitative estimate of drug-likeness (QED) is 0.684. The Hall–Kier alpha value is -2.87. The Morgan fingerprint density at radius 2 is 1.70 bits per heavy atom. The smallest absolute Gasteiger partial charge is 0.450 e. The van der Waals surface area contributed by atoms with Gasteiger partial charge in [0.05, 0.1) is 16.5 Å². The number of hydrogen-bond acceptors (Lipinski definition) is 4. The van der Waals surface area contributed by atoms with Gasteiger partial charge in [-0.25, -0.2) is 4.39 Å². The minimum absolute atomic E-state index is 0.0688. The van der Waals surface area contributed by atoms with Crippen LogP contribution in [0.25, 0.3) is 22.1 Å². The summed E-state index contributed by atoms with van der Waals surface area (Å²) in [5, 5.41) is 9.95. The normalized spacial score (nSPS) is 12.1. The van der Waals surface area contributed by atoms with Gasteiger partial charge in [0.15, 0.2) is 0 Å². The first-order valence-corrected chi connectivity index (χ1v) is 7.89. The van der Waals surface area contributed by atoms with E-state index in [1.54, 1.807) is 19.0 Å². The van der Waals surface area contributed by atoms with Crippen molar-refractivity contribution < 1.29 is 27.1 Å². The highest BCUT2D eigenvalue weighted by atomic mass is 19.4. The maximum Gasteiger partial charge on any atom is 0.450 e. The third-order valence-corrected chi connectivity index (χ3v) is 4.00. The number of benzene rings is 2. The summed E-state index contributed by atoms with van der Waals surface area (Å²) in [6.45, 7) is 0.0688. The van der Waals surface area contributed by atoms with E-state index in [0.717, 1.165) is 24.3 Å². The lowest BCUT2D eigenvalue weighted by Gasteiger charge is -2.16. The van der Waals surface area contributed by atoms with Gasteiger partial charge in [-0.1, -0.05) is 12.1 Å². The predicted octanol–water partition coefficient (Wildman–Crippen LogP) is 4.39. The minimum Gasteiger partial charge on any atom is -0.507 e. The molecule has 1 N–H and O–H groups in total. The zero-order chi connectivity index (χ0) is 19.9. The van der Waals surface area contributed by atoms with Crippen molar-refractivity contribution in [3.63, 3.8) is 0 Å². The van der Waals surface area contributed by atoms with Gasteiger partial charge in [0.2, 0.25) is 11.2 Å². The molecule has 142 valence electrons. The summed E-state index contributed by atoms with van der Waals surface area (Å²) in [7, 11) is 3.32. The monoisotopic (exact) mass is 381 g/mol. The number of phenolic OH excluding ortho intramolecular Hbond substituents is 1. The van der Waals surface area contributed by atoms with Crippen LogP contribution in [0.2, 0.25) is 0 Å². The van der Waals surface area contributed by atoms with Crippen LogP contribution in [0.4, 0.5) is 17.6 Å². The number of rotatable bonds is 3. The maximum atomic E-state index is 13.6. The van der Waals surface area contributed by atoms with Crippen LogP contribution in [0.5, 0.6) is 5.75 Å². The van der Waals surface area contributed by atoms with Crippen LogP contribution >= 0.6 is 0 Å². The molecule has 27 heavy (non-hydrogen) atoms. The van der Waals surface area contributed by atoms with Gasteiger partial charge >= 0.3 is 6.18 Å². The number of aromatic hydroxyl groups is 1. The topological polar surface area (TPSA) is 53.7 Å². The molecule has 0 radical (unpaired) electrons. The number of phenols is 1. The molecule has 8 heteroatoms. The minimum atomic E-state index is -4.96. The first kappa shape index (κ1) is 18.9. The molecule has 0 spiro atoms. The molecule has 2 aromatic carbocycles. The fourth-order valence-electron chi connectivity index (χ4n) is 2.85. The van der Waals surface area contributed by atoms with E-state index in [9.17, 15) is 27.5 Å². The van der Waals surface area contributed by atoms with E-state index in [1.165, 1.54) is 12.1 Å². The van der Waals surface area contributed by atoms with E-state index in [4.69, 9.17) is 4.42 Å². The van der Waals surface area contributed by atoms with Crippen molar-refractivity contribution in [2.24, 2.45) is 0 Å². The zero-order valence-electron chi connectivity index (χ0n) is 14.4. The molecule has 0 aliphatic carbocycles. The van der Waals surface area contributed by atoms with Gasteiger partial charge in [-0.15, -0.1) is 0 Å². The van der Waals surface area contributed by atoms with Gasteiger partial charge in [0.25, 0.3) is 0 Å². The van der Waals surface area contributed by atoms with Crippen LogP contribution in [-0.2, 0) is 12.7 Å². The lowest BCUT2D eigenvalue weighted by Crippen LogP contribution is -2.17. The van der Waals surface area contributed by atoms with E-state index in [-0.39, 0.29) is 34.4 Å². The maximum absolute atomic E-state index is 13.6. The molecule has 3 aromatic rings. The molecule has 0 aliphatic rings. The highest BCUT2D eigenvalue weighted by Crippen LogP contribution is 2.39. The third-order valence-electron chi connectivity index (χ3n) is 4.00. The van der Waals surface area contributed by atoms with Crippen LogP contribution in [0.15, 0.2) is 45.6 Å². The summed E-state index contributed by atoms with van der Waals surface area (Å²) in [5.74, 6) is -2.41. The van der Waals surface area contributed by atoms with Crippen LogP contribution in [-0.4, -0.2) is 24.1 Å². The van der Waals surface area contributed by atoms with E-state index in [1.807, 2.05) is 0 Å². The molecule has 0 aliphatic heterocycles. The molecule has 0 saturated heterocycles. The second-order valence-electron chi connectivity index (χ2n) is 6.32. The fraction of sp³-hybridized carbons (Fsp3) is 0.211. The molecule has 4 nitrogen and oxygen atoms in total. The van der Waals surface area contributed by atoms with E-state index in [2.05, 4.69) is 0 Å². The Morgan fingerprint density at radius 1 is 1.07 bits per heavy atom. The summed E-state index contributed by atoms with van der Waals surface area (Å²) in [4.78, 5) is 14.5. The first-order valence-electron chi connectivity index (χ1n) is 7.89. The van der Waals surface area contributed by atoms with Gasteiger partial charge in [-0.2, -0.15) is 13.2 Å². The molecule has 3 rings (SSSR count). The molecule has 1 aromatic heterocycles. The van der Waals surface area contributed by atoms with Gasteiger partial charge in [-0.05, 0) is 43.9 Å². The molecular weight excluding hydrogens is 366 g/mol. The number of nitrogens with zero attached hydrogens (tertiary/aromatic N) is 1. The zero-order valence-corrected chi connectivity index (χ0v) is 14.4. The highest BCUT2D eigenvalue weighted by molar-refractivity contribution is 5.86. The lowest BCUT2D eigenvalue weighted by atomic mass is 10.00. The van der Waals surface area contributed by atoms with Gasteiger partial charge in [-0.3, -0.25) is 4.79 Å². The number of fused-ring (bicyclic) bond motifs is 1. The molecule has 0 fully saturated rings. The molecule has 0 bridgehead atoms. The van der Waals surface area contributed by atoms with Crippen molar-refractivity contribution in [2.75, 3.05) is 14.1 Å². The first-order chi connectivity index (χ1) is 12.6. The fourth-order valence-corrected chi connectivity index (χ4v) is 2.85. The number of hydrogen-bond donors (Lipinski definition) is 1. The van der Waals surface area contributed by atoms with Crippen molar-refractivity contribution in [1.82, 2.24) is 4.90 Å². The van der Waals surface area contributed by atoms with Crippen LogP contribution < -0.4 is 5.43 Å². The second kappa shape index (κ2) is 6.70. The van der Waals surface area contributed by atoms with Gasteiger partial charge in [0, 0.05) is 6.54 Å².